The Morgan fingerprint density at radius 1 is 0.462 bits per heavy atom. The van der Waals surface area contributed by atoms with Crippen LogP contribution in [0.4, 0.5) is 0 Å². The molecule has 1 heterocycles. The van der Waals surface area contributed by atoms with Gasteiger partial charge in [0.05, 0.1) is 5.69 Å². The van der Waals surface area contributed by atoms with Crippen LogP contribution in [0, 0.1) is 0 Å². The van der Waals surface area contributed by atoms with E-state index < -0.39 is 0 Å². The molecule has 0 saturated carbocycles. The molecule has 0 fully saturated rings. The van der Waals surface area contributed by atoms with Crippen molar-refractivity contribution in [2.24, 2.45) is 0 Å². The van der Waals surface area contributed by atoms with Gasteiger partial charge in [-0.15, -0.1) is 0 Å². The summed E-state index contributed by atoms with van der Waals surface area (Å²) in [6.07, 6.45) is 1.95. The molecule has 0 N–H and O–H groups in total. The third kappa shape index (κ3) is 2.55. The van der Waals surface area contributed by atoms with Crippen molar-refractivity contribution in [3.63, 3.8) is 0 Å². The molecular formula is C25H17N. The summed E-state index contributed by atoms with van der Waals surface area (Å²) in [5.74, 6) is 0. The lowest BCUT2D eigenvalue weighted by Crippen LogP contribution is -1.86. The van der Waals surface area contributed by atoms with Crippen molar-refractivity contribution in [1.29, 1.82) is 0 Å². The number of rotatable bonds is 2. The van der Waals surface area contributed by atoms with Crippen molar-refractivity contribution in [3.05, 3.63) is 103 Å². The summed E-state index contributed by atoms with van der Waals surface area (Å²) in [5, 5.41) is 5.10. The van der Waals surface area contributed by atoms with Crippen molar-refractivity contribution in [2.45, 2.75) is 0 Å². The molecule has 0 unspecified atom stereocenters. The van der Waals surface area contributed by atoms with E-state index >= 15 is 0 Å². The van der Waals surface area contributed by atoms with Gasteiger partial charge in [-0.05, 0) is 39.2 Å². The summed E-state index contributed by atoms with van der Waals surface area (Å²) in [6, 6.07) is 34.1. The van der Waals surface area contributed by atoms with Crippen LogP contribution in [0.25, 0.3) is 43.9 Å². The first-order chi connectivity index (χ1) is 12.9. The molecule has 1 aromatic heterocycles. The first kappa shape index (κ1) is 14.9. The predicted molar refractivity (Wildman–Crippen MR) is 110 cm³/mol. The molecule has 0 amide bonds. The Kier molecular flexibility index (Phi) is 3.50. The van der Waals surface area contributed by atoms with Gasteiger partial charge in [0.2, 0.25) is 0 Å². The normalized spacial score (nSPS) is 11.1. The van der Waals surface area contributed by atoms with Gasteiger partial charge in [-0.25, -0.2) is 0 Å². The second-order valence-corrected chi connectivity index (χ2v) is 6.52. The standard InChI is InChI=1S/C25H17N/c1-2-6-18(7-3-1)22-13-15-25(26-17-22)21-12-14-24-20(16-21)11-10-19-8-4-5-9-23(19)24/h1-17H. The Hall–Kier alpha value is -3.45. The number of nitrogens with zero attached hydrogens (tertiary/aromatic N) is 1. The third-order valence-corrected chi connectivity index (χ3v) is 4.91. The van der Waals surface area contributed by atoms with Crippen molar-refractivity contribution in [3.8, 4) is 22.4 Å². The lowest BCUT2D eigenvalue weighted by Gasteiger charge is -2.08. The molecule has 0 aliphatic heterocycles. The monoisotopic (exact) mass is 331 g/mol. The summed E-state index contributed by atoms with van der Waals surface area (Å²) in [6.45, 7) is 0. The molecule has 0 spiro atoms. The molecule has 0 atom stereocenters. The van der Waals surface area contributed by atoms with Gasteiger partial charge in [-0.2, -0.15) is 0 Å². The molecule has 4 aromatic carbocycles. The lowest BCUT2D eigenvalue weighted by molar-refractivity contribution is 1.33. The van der Waals surface area contributed by atoms with Crippen LogP contribution in [0.1, 0.15) is 0 Å². The SMILES string of the molecule is c1ccc(-c2ccc(-c3ccc4c(ccc5ccccc54)c3)nc2)cc1. The highest BCUT2D eigenvalue weighted by Gasteiger charge is 2.05. The van der Waals surface area contributed by atoms with Crippen LogP contribution < -0.4 is 0 Å². The Morgan fingerprint density at radius 3 is 2.04 bits per heavy atom. The number of hydrogen-bond donors (Lipinski definition) is 0. The Labute approximate surface area is 152 Å². The van der Waals surface area contributed by atoms with Crippen molar-refractivity contribution in [1.82, 2.24) is 4.98 Å². The fraction of sp³-hybridized carbons (Fsp3) is 0. The summed E-state index contributed by atoms with van der Waals surface area (Å²) in [7, 11) is 0. The second-order valence-electron chi connectivity index (χ2n) is 6.52. The zero-order chi connectivity index (χ0) is 17.3. The minimum Gasteiger partial charge on any atom is -0.256 e. The van der Waals surface area contributed by atoms with Gasteiger partial charge in [0.1, 0.15) is 0 Å². The van der Waals surface area contributed by atoms with E-state index in [9.17, 15) is 0 Å². The largest absolute Gasteiger partial charge is 0.256 e. The van der Waals surface area contributed by atoms with E-state index in [0.717, 1.165) is 16.8 Å². The highest BCUT2D eigenvalue weighted by atomic mass is 14.7. The molecule has 0 radical (unpaired) electrons. The van der Waals surface area contributed by atoms with Crippen LogP contribution in [0.5, 0.6) is 0 Å². The van der Waals surface area contributed by atoms with Crippen molar-refractivity contribution < 1.29 is 0 Å². The predicted octanol–water partition coefficient (Wildman–Crippen LogP) is 6.72. The fourth-order valence-corrected chi connectivity index (χ4v) is 3.54. The minimum atomic E-state index is 1.000. The molecular weight excluding hydrogens is 314 g/mol. The molecule has 122 valence electrons. The molecule has 0 aliphatic rings. The van der Waals surface area contributed by atoms with E-state index in [0.29, 0.717) is 0 Å². The summed E-state index contributed by atoms with van der Waals surface area (Å²) >= 11 is 0. The average Bonchev–Trinajstić information content (AvgIpc) is 2.74. The van der Waals surface area contributed by atoms with E-state index in [4.69, 9.17) is 4.98 Å². The summed E-state index contributed by atoms with van der Waals surface area (Å²) in [5.41, 5.74) is 4.48. The van der Waals surface area contributed by atoms with Gasteiger partial charge < -0.3 is 0 Å². The van der Waals surface area contributed by atoms with E-state index in [1.807, 2.05) is 12.3 Å². The number of hydrogen-bond acceptors (Lipinski definition) is 1. The van der Waals surface area contributed by atoms with Gasteiger partial charge in [0.25, 0.3) is 0 Å². The van der Waals surface area contributed by atoms with Crippen LogP contribution in [0.15, 0.2) is 103 Å². The van der Waals surface area contributed by atoms with Gasteiger partial charge in [-0.3, -0.25) is 4.98 Å². The van der Waals surface area contributed by atoms with Crippen LogP contribution in [0.3, 0.4) is 0 Å². The van der Waals surface area contributed by atoms with Gasteiger partial charge in [0.15, 0.2) is 0 Å². The van der Waals surface area contributed by atoms with Gasteiger partial charge in [0, 0.05) is 17.3 Å². The molecule has 0 aliphatic carbocycles. The van der Waals surface area contributed by atoms with E-state index in [-0.39, 0.29) is 0 Å². The molecule has 1 heteroatoms. The lowest BCUT2D eigenvalue weighted by atomic mass is 9.99. The molecule has 0 saturated heterocycles. The maximum atomic E-state index is 4.69. The number of pyridine rings is 1. The Bertz CT molecular complexity index is 1210. The molecule has 5 rings (SSSR count). The molecule has 26 heavy (non-hydrogen) atoms. The van der Waals surface area contributed by atoms with Crippen LogP contribution in [0.2, 0.25) is 0 Å². The van der Waals surface area contributed by atoms with Crippen LogP contribution >= 0.6 is 0 Å². The summed E-state index contributed by atoms with van der Waals surface area (Å²) < 4.78 is 0. The van der Waals surface area contributed by atoms with Crippen LogP contribution in [-0.4, -0.2) is 4.98 Å². The topological polar surface area (TPSA) is 12.9 Å². The average molecular weight is 331 g/mol. The first-order valence-corrected chi connectivity index (χ1v) is 8.82. The van der Waals surface area contributed by atoms with E-state index in [1.54, 1.807) is 0 Å². The number of benzene rings is 4. The maximum absolute atomic E-state index is 4.69. The second kappa shape index (κ2) is 6.12. The highest BCUT2D eigenvalue weighted by Crippen LogP contribution is 2.29. The smallest absolute Gasteiger partial charge is 0.0702 e. The van der Waals surface area contributed by atoms with Gasteiger partial charge in [-0.1, -0.05) is 84.9 Å². The van der Waals surface area contributed by atoms with E-state index in [2.05, 4.69) is 91.0 Å². The quantitative estimate of drug-likeness (QED) is 0.327. The van der Waals surface area contributed by atoms with E-state index in [1.165, 1.54) is 27.1 Å². The zero-order valence-corrected chi connectivity index (χ0v) is 14.3. The maximum Gasteiger partial charge on any atom is 0.0702 e. The fourth-order valence-electron chi connectivity index (χ4n) is 3.54. The first-order valence-electron chi connectivity index (χ1n) is 8.82. The minimum absolute atomic E-state index is 1.000. The number of fused-ring (bicyclic) bond motifs is 3. The van der Waals surface area contributed by atoms with Crippen molar-refractivity contribution >= 4 is 21.5 Å². The Morgan fingerprint density at radius 2 is 1.19 bits per heavy atom. The zero-order valence-electron chi connectivity index (χ0n) is 14.3. The van der Waals surface area contributed by atoms with Crippen molar-refractivity contribution in [2.75, 3.05) is 0 Å². The van der Waals surface area contributed by atoms with Gasteiger partial charge >= 0.3 is 0 Å². The molecule has 1 nitrogen and oxygen atoms in total. The highest BCUT2D eigenvalue weighted by molar-refractivity contribution is 6.08. The third-order valence-electron chi connectivity index (χ3n) is 4.91. The number of aromatic nitrogens is 1. The summed E-state index contributed by atoms with van der Waals surface area (Å²) in [4.78, 5) is 4.69. The van der Waals surface area contributed by atoms with Crippen LogP contribution in [-0.2, 0) is 0 Å². The molecule has 0 bridgehead atoms. The molecule has 5 aromatic rings. The Balaban J connectivity index is 1.57.